The zero-order chi connectivity index (χ0) is 10.7. The molecule has 0 saturated heterocycles. The van der Waals surface area contributed by atoms with Crippen LogP contribution >= 0.6 is 0 Å². The fourth-order valence-corrected chi connectivity index (χ4v) is 1.09. The fraction of sp³-hybridized carbons (Fsp3) is 0.100. The average molecular weight is 203 g/mol. The number of nitrogens with zero attached hydrogens (tertiary/aromatic N) is 2. The zero-order valence-corrected chi connectivity index (χ0v) is 8.10. The maximum atomic E-state index is 11.3. The number of furan rings is 1. The van der Waals surface area contributed by atoms with Gasteiger partial charge in [0.15, 0.2) is 0 Å². The van der Waals surface area contributed by atoms with Crippen LogP contribution in [0, 0.1) is 6.92 Å². The van der Waals surface area contributed by atoms with Gasteiger partial charge in [0.2, 0.25) is 0 Å². The predicted octanol–water partition coefficient (Wildman–Crippen LogP) is 1.42. The number of aliphatic imine (C=N–C) groups is 1. The molecule has 0 amide bonds. The summed E-state index contributed by atoms with van der Waals surface area (Å²) in [6.07, 6.45) is 3.04. The molecule has 15 heavy (non-hydrogen) atoms. The molecule has 2 aromatic rings. The van der Waals surface area contributed by atoms with Crippen LogP contribution in [0.25, 0.3) is 0 Å². The highest BCUT2D eigenvalue weighted by Gasteiger charge is 1.97. The van der Waals surface area contributed by atoms with Crippen LogP contribution in [-0.4, -0.2) is 16.4 Å². The van der Waals surface area contributed by atoms with Crippen LogP contribution in [0.15, 0.2) is 38.7 Å². The van der Waals surface area contributed by atoms with Crippen LogP contribution in [0.2, 0.25) is 0 Å². The van der Waals surface area contributed by atoms with E-state index >= 15 is 0 Å². The molecule has 5 heteroatoms. The predicted molar refractivity (Wildman–Crippen MR) is 55.6 cm³/mol. The van der Waals surface area contributed by atoms with Gasteiger partial charge in [-0.15, -0.1) is 0 Å². The van der Waals surface area contributed by atoms with Crippen molar-refractivity contribution in [3.05, 3.63) is 46.3 Å². The molecule has 1 N–H and O–H groups in total. The summed E-state index contributed by atoms with van der Waals surface area (Å²) in [5.74, 6) is 0.601. The molecule has 2 heterocycles. The molecule has 76 valence electrons. The molecule has 5 nitrogen and oxygen atoms in total. The number of aryl methyl sites for hydroxylation is 1. The van der Waals surface area contributed by atoms with E-state index in [1.54, 1.807) is 31.4 Å². The Morgan fingerprint density at radius 3 is 3.20 bits per heavy atom. The number of hydrogen-bond acceptors (Lipinski definition) is 4. The monoisotopic (exact) mass is 203 g/mol. The maximum Gasteiger partial charge on any atom is 0.290 e. The summed E-state index contributed by atoms with van der Waals surface area (Å²) in [4.78, 5) is 15.3. The second-order valence-electron chi connectivity index (χ2n) is 3.00. The first-order valence-corrected chi connectivity index (χ1v) is 4.39. The fourth-order valence-electron chi connectivity index (χ4n) is 1.09. The number of rotatable bonds is 2. The van der Waals surface area contributed by atoms with E-state index in [9.17, 15) is 4.79 Å². The third kappa shape index (κ3) is 2.19. The number of nitrogens with one attached hydrogen (secondary N) is 1. The van der Waals surface area contributed by atoms with Gasteiger partial charge >= 0.3 is 0 Å². The standard InChI is InChI=1S/C10H9N3O2/c1-7-5-9(10(14)13-12-7)11-6-8-3-2-4-15-8/h2-6H,1H3,(H,13,14). The highest BCUT2D eigenvalue weighted by Crippen LogP contribution is 2.05. The lowest BCUT2D eigenvalue weighted by Crippen LogP contribution is -2.07. The molecule has 0 unspecified atom stereocenters. The Hall–Kier alpha value is -2.17. The van der Waals surface area contributed by atoms with Crippen molar-refractivity contribution in [3.8, 4) is 0 Å². The summed E-state index contributed by atoms with van der Waals surface area (Å²) in [7, 11) is 0. The minimum absolute atomic E-state index is 0.316. The summed E-state index contributed by atoms with van der Waals surface area (Å²) < 4.78 is 5.05. The molecule has 0 atom stereocenters. The third-order valence-electron chi connectivity index (χ3n) is 1.79. The van der Waals surface area contributed by atoms with Gasteiger partial charge in [0, 0.05) is 0 Å². The van der Waals surface area contributed by atoms with Gasteiger partial charge in [-0.1, -0.05) is 0 Å². The molecule has 0 aliphatic heterocycles. The highest BCUT2D eigenvalue weighted by atomic mass is 16.3. The first-order valence-electron chi connectivity index (χ1n) is 4.39. The first-order chi connectivity index (χ1) is 7.25. The van der Waals surface area contributed by atoms with E-state index in [1.807, 2.05) is 0 Å². The second-order valence-corrected chi connectivity index (χ2v) is 3.00. The smallest absolute Gasteiger partial charge is 0.290 e. The van der Waals surface area contributed by atoms with E-state index in [0.717, 1.165) is 0 Å². The van der Waals surface area contributed by atoms with Gasteiger partial charge in [0.1, 0.15) is 11.4 Å². The number of aromatic nitrogens is 2. The molecule has 0 aliphatic rings. The Balaban J connectivity index is 2.32. The van der Waals surface area contributed by atoms with Crippen molar-refractivity contribution in [2.45, 2.75) is 6.92 Å². The normalized spacial score (nSPS) is 11.0. The van der Waals surface area contributed by atoms with Crippen molar-refractivity contribution in [1.82, 2.24) is 10.2 Å². The van der Waals surface area contributed by atoms with E-state index in [0.29, 0.717) is 17.1 Å². The molecule has 0 fully saturated rings. The molecule has 0 aliphatic carbocycles. The van der Waals surface area contributed by atoms with E-state index in [4.69, 9.17) is 4.42 Å². The molecule has 0 aromatic carbocycles. The van der Waals surface area contributed by atoms with Crippen molar-refractivity contribution >= 4 is 11.9 Å². The van der Waals surface area contributed by atoms with E-state index in [2.05, 4.69) is 15.2 Å². The number of hydrogen-bond donors (Lipinski definition) is 1. The van der Waals surface area contributed by atoms with Crippen LogP contribution < -0.4 is 5.56 Å². The summed E-state index contributed by atoms with van der Waals surface area (Å²) in [6, 6.07) is 5.12. The second kappa shape index (κ2) is 3.91. The summed E-state index contributed by atoms with van der Waals surface area (Å²) in [5.41, 5.74) is 0.712. The largest absolute Gasteiger partial charge is 0.463 e. The van der Waals surface area contributed by atoms with Gasteiger partial charge in [-0.05, 0) is 25.1 Å². The van der Waals surface area contributed by atoms with Crippen molar-refractivity contribution in [3.63, 3.8) is 0 Å². The topological polar surface area (TPSA) is 71.2 Å². The minimum Gasteiger partial charge on any atom is -0.463 e. The Morgan fingerprint density at radius 1 is 1.60 bits per heavy atom. The average Bonchev–Trinajstić information content (AvgIpc) is 2.72. The van der Waals surface area contributed by atoms with Gasteiger partial charge in [-0.2, -0.15) is 5.10 Å². The molecule has 0 radical (unpaired) electrons. The minimum atomic E-state index is -0.316. The molecular weight excluding hydrogens is 194 g/mol. The maximum absolute atomic E-state index is 11.3. The Morgan fingerprint density at radius 2 is 2.47 bits per heavy atom. The van der Waals surface area contributed by atoms with Crippen LogP contribution in [0.1, 0.15) is 11.5 Å². The molecule has 2 aromatic heterocycles. The van der Waals surface area contributed by atoms with Gasteiger partial charge in [0.05, 0.1) is 18.2 Å². The number of aromatic amines is 1. The molecule has 0 spiro atoms. The van der Waals surface area contributed by atoms with Crippen molar-refractivity contribution in [2.75, 3.05) is 0 Å². The number of H-pyrrole nitrogens is 1. The van der Waals surface area contributed by atoms with Crippen LogP contribution in [-0.2, 0) is 0 Å². The van der Waals surface area contributed by atoms with Crippen molar-refractivity contribution in [2.24, 2.45) is 4.99 Å². The lowest BCUT2D eigenvalue weighted by molar-refractivity contribution is 0.560. The Labute approximate surface area is 85.5 Å². The quantitative estimate of drug-likeness (QED) is 0.750. The summed E-state index contributed by atoms with van der Waals surface area (Å²) >= 11 is 0. The SMILES string of the molecule is Cc1cc(N=Cc2ccco2)c(=O)[nH]n1. The zero-order valence-electron chi connectivity index (χ0n) is 8.10. The molecule has 2 rings (SSSR count). The van der Waals surface area contributed by atoms with E-state index in [1.165, 1.54) is 6.21 Å². The van der Waals surface area contributed by atoms with Crippen molar-refractivity contribution in [1.29, 1.82) is 0 Å². The Bertz CT molecular complexity index is 526. The van der Waals surface area contributed by atoms with Crippen LogP contribution in [0.5, 0.6) is 0 Å². The molecular formula is C10H9N3O2. The van der Waals surface area contributed by atoms with Gasteiger partial charge in [-0.25, -0.2) is 10.1 Å². The molecule has 0 saturated carbocycles. The van der Waals surface area contributed by atoms with Gasteiger partial charge in [-0.3, -0.25) is 4.79 Å². The first kappa shape index (κ1) is 9.39. The van der Waals surface area contributed by atoms with Crippen molar-refractivity contribution < 1.29 is 4.42 Å². The van der Waals surface area contributed by atoms with E-state index in [-0.39, 0.29) is 5.56 Å². The lowest BCUT2D eigenvalue weighted by atomic mass is 10.4. The molecule has 0 bridgehead atoms. The third-order valence-corrected chi connectivity index (χ3v) is 1.79. The Kier molecular flexibility index (Phi) is 2.45. The lowest BCUT2D eigenvalue weighted by Gasteiger charge is -1.92. The van der Waals surface area contributed by atoms with Gasteiger partial charge < -0.3 is 4.42 Å². The van der Waals surface area contributed by atoms with E-state index < -0.39 is 0 Å². The highest BCUT2D eigenvalue weighted by molar-refractivity contribution is 5.78. The van der Waals surface area contributed by atoms with Gasteiger partial charge in [0.25, 0.3) is 5.56 Å². The summed E-state index contributed by atoms with van der Waals surface area (Å²) in [5, 5.41) is 6.10. The van der Waals surface area contributed by atoms with Crippen LogP contribution in [0.3, 0.4) is 0 Å². The summed E-state index contributed by atoms with van der Waals surface area (Å²) in [6.45, 7) is 1.78. The van der Waals surface area contributed by atoms with Crippen LogP contribution in [0.4, 0.5) is 5.69 Å².